The van der Waals surface area contributed by atoms with E-state index < -0.39 is 29.9 Å². The van der Waals surface area contributed by atoms with Crippen molar-refractivity contribution >= 4 is 11.8 Å². The molecular weight excluding hydrogens is 389 g/mol. The van der Waals surface area contributed by atoms with Crippen LogP contribution in [0.1, 0.15) is 58.2 Å². The number of carbonyl (C=O) groups excluding carboxylic acids is 2. The van der Waals surface area contributed by atoms with E-state index in [1.54, 1.807) is 4.90 Å². The highest BCUT2D eigenvalue weighted by Gasteiger charge is 2.57. The number of rotatable bonds is 12. The molecule has 2 amide bonds. The molecule has 7 nitrogen and oxygen atoms in total. The molecule has 1 heterocycles. The minimum Gasteiger partial charge on any atom is -0.374 e. The molecule has 166 valence electrons. The quantitative estimate of drug-likeness (QED) is 0.544. The third kappa shape index (κ3) is 7.02. The molecule has 0 aliphatic rings. The van der Waals surface area contributed by atoms with Gasteiger partial charge in [-0.15, -0.1) is 0 Å². The molecule has 0 radical (unpaired) electrons. The summed E-state index contributed by atoms with van der Waals surface area (Å²) in [5.41, 5.74) is -3.16. The summed E-state index contributed by atoms with van der Waals surface area (Å²) < 4.78 is 41.3. The van der Waals surface area contributed by atoms with Crippen molar-refractivity contribution in [2.45, 2.75) is 64.1 Å². The van der Waals surface area contributed by atoms with Gasteiger partial charge in [-0.2, -0.15) is 13.2 Å². The molecule has 0 fully saturated rings. The summed E-state index contributed by atoms with van der Waals surface area (Å²) in [7, 11) is 1.36. The minimum atomic E-state index is -4.94. The van der Waals surface area contributed by atoms with E-state index in [-0.39, 0.29) is 25.3 Å². The number of halogens is 3. The van der Waals surface area contributed by atoms with E-state index in [1.807, 2.05) is 13.8 Å². The fourth-order valence-electron chi connectivity index (χ4n) is 3.07. The third-order valence-corrected chi connectivity index (χ3v) is 4.60. The Kier molecular flexibility index (Phi) is 9.61. The van der Waals surface area contributed by atoms with Crippen LogP contribution in [0.3, 0.4) is 0 Å². The maximum Gasteiger partial charge on any atom is 0.424 e. The van der Waals surface area contributed by atoms with E-state index in [2.05, 4.69) is 10.3 Å². The van der Waals surface area contributed by atoms with E-state index in [1.165, 1.54) is 19.4 Å². The Labute approximate surface area is 169 Å². The fourth-order valence-corrected chi connectivity index (χ4v) is 3.07. The molecule has 1 atom stereocenters. The Morgan fingerprint density at radius 3 is 2.31 bits per heavy atom. The molecule has 1 aromatic heterocycles. The number of nitrogens with zero attached hydrogens (tertiary/aromatic N) is 3. The highest BCUT2D eigenvalue weighted by Crippen LogP contribution is 2.40. The number of aromatic nitrogens is 2. The van der Waals surface area contributed by atoms with Crippen molar-refractivity contribution in [3.8, 4) is 0 Å². The number of hydrogen-bond acceptors (Lipinski definition) is 4. The number of carbonyl (C=O) groups is 2. The Bertz CT molecular complexity index is 657. The predicted octanol–water partition coefficient (Wildman–Crippen LogP) is 2.50. The van der Waals surface area contributed by atoms with Crippen LogP contribution < -0.4 is 5.32 Å². The van der Waals surface area contributed by atoms with Crippen LogP contribution in [0.4, 0.5) is 13.2 Å². The van der Waals surface area contributed by atoms with Crippen molar-refractivity contribution in [2.75, 3.05) is 19.6 Å². The van der Waals surface area contributed by atoms with Gasteiger partial charge in [0.2, 0.25) is 17.4 Å². The number of alkyl halides is 3. The normalized spacial score (nSPS) is 13.8. The first-order chi connectivity index (χ1) is 13.6. The molecule has 0 saturated carbocycles. The molecule has 0 saturated heterocycles. The Balaban J connectivity index is 2.49. The summed E-state index contributed by atoms with van der Waals surface area (Å²) in [6.45, 7) is 4.94. The van der Waals surface area contributed by atoms with Gasteiger partial charge in [-0.1, -0.05) is 13.8 Å². The lowest BCUT2D eigenvalue weighted by molar-refractivity contribution is -0.272. The van der Waals surface area contributed by atoms with E-state index in [9.17, 15) is 27.9 Å². The second-order valence-electron chi connectivity index (χ2n) is 7.05. The first-order valence-corrected chi connectivity index (χ1v) is 9.88. The molecule has 1 aromatic rings. The smallest absolute Gasteiger partial charge is 0.374 e. The van der Waals surface area contributed by atoms with Crippen molar-refractivity contribution in [3.05, 3.63) is 18.2 Å². The lowest BCUT2D eigenvalue weighted by atomic mass is 9.97. The molecule has 2 N–H and O–H groups in total. The van der Waals surface area contributed by atoms with Crippen molar-refractivity contribution in [1.82, 2.24) is 19.8 Å². The Morgan fingerprint density at radius 1 is 1.21 bits per heavy atom. The second-order valence-corrected chi connectivity index (χ2v) is 7.05. The van der Waals surface area contributed by atoms with Crippen molar-refractivity contribution in [2.24, 2.45) is 7.05 Å². The maximum absolute atomic E-state index is 13.4. The second kappa shape index (κ2) is 11.2. The number of aryl methyl sites for hydroxylation is 1. The topological polar surface area (TPSA) is 87.5 Å². The molecule has 0 aliphatic carbocycles. The van der Waals surface area contributed by atoms with Gasteiger partial charge in [-0.05, 0) is 19.3 Å². The number of nitrogens with one attached hydrogen (secondary N) is 1. The van der Waals surface area contributed by atoms with Gasteiger partial charge >= 0.3 is 6.18 Å². The van der Waals surface area contributed by atoms with Crippen LogP contribution in [-0.4, -0.2) is 57.2 Å². The number of aliphatic hydroxyl groups is 1. The predicted molar refractivity (Wildman–Crippen MR) is 102 cm³/mol. The lowest BCUT2D eigenvalue weighted by Gasteiger charge is -2.30. The van der Waals surface area contributed by atoms with Gasteiger partial charge in [-0.3, -0.25) is 9.59 Å². The number of amides is 2. The van der Waals surface area contributed by atoms with Crippen LogP contribution in [0, 0.1) is 0 Å². The van der Waals surface area contributed by atoms with Crippen molar-refractivity contribution in [1.29, 1.82) is 0 Å². The van der Waals surface area contributed by atoms with Gasteiger partial charge < -0.3 is 19.9 Å². The van der Waals surface area contributed by atoms with Crippen LogP contribution in [0.5, 0.6) is 0 Å². The van der Waals surface area contributed by atoms with Gasteiger partial charge in [0.05, 0.1) is 0 Å². The first kappa shape index (κ1) is 24.9. The zero-order valence-electron chi connectivity index (χ0n) is 17.3. The molecule has 10 heteroatoms. The summed E-state index contributed by atoms with van der Waals surface area (Å²) in [6, 6.07) is 0. The van der Waals surface area contributed by atoms with Crippen LogP contribution >= 0.6 is 0 Å². The molecular formula is C19H31F3N4O3. The van der Waals surface area contributed by atoms with Crippen molar-refractivity contribution < 1.29 is 27.9 Å². The first-order valence-electron chi connectivity index (χ1n) is 9.88. The van der Waals surface area contributed by atoms with E-state index in [0.29, 0.717) is 19.5 Å². The molecule has 0 spiro atoms. The molecule has 1 rings (SSSR count). The Morgan fingerprint density at radius 2 is 1.83 bits per heavy atom. The summed E-state index contributed by atoms with van der Waals surface area (Å²) in [4.78, 5) is 29.4. The molecule has 0 bridgehead atoms. The standard InChI is InChI=1S/C19H31F3N4O3/c1-4-12-26(13-5-2)16(28)8-6-7-15(27)23-10-9-18(29,19(20,21)22)17-24-11-14-25(17)3/h11,14,29H,4-10,12-13H2,1-3H3,(H,23,27). The van der Waals surface area contributed by atoms with Crippen molar-refractivity contribution in [3.63, 3.8) is 0 Å². The third-order valence-electron chi connectivity index (χ3n) is 4.60. The van der Waals surface area contributed by atoms with Gasteiger partial charge in [0.25, 0.3) is 0 Å². The molecule has 29 heavy (non-hydrogen) atoms. The molecule has 1 unspecified atom stereocenters. The summed E-state index contributed by atoms with van der Waals surface area (Å²) in [5, 5.41) is 12.6. The van der Waals surface area contributed by atoms with Crippen LogP contribution in [0.15, 0.2) is 12.4 Å². The number of hydrogen-bond donors (Lipinski definition) is 2. The summed E-state index contributed by atoms with van der Waals surface area (Å²) in [5.74, 6) is -1.01. The summed E-state index contributed by atoms with van der Waals surface area (Å²) in [6.07, 6.45) is -0.952. The number of imidazole rings is 1. The monoisotopic (exact) mass is 420 g/mol. The lowest BCUT2D eigenvalue weighted by Crippen LogP contribution is -2.46. The highest BCUT2D eigenvalue weighted by molar-refractivity contribution is 5.78. The Hall–Kier alpha value is -2.10. The molecule has 0 aliphatic heterocycles. The van der Waals surface area contributed by atoms with Gasteiger partial charge in [0, 0.05) is 58.3 Å². The minimum absolute atomic E-state index is 0.0253. The van der Waals surface area contributed by atoms with Gasteiger partial charge in [-0.25, -0.2) is 4.98 Å². The van der Waals surface area contributed by atoms with Crippen LogP contribution in [0.2, 0.25) is 0 Å². The van der Waals surface area contributed by atoms with Gasteiger partial charge in [0.1, 0.15) is 5.82 Å². The average Bonchev–Trinajstić information content (AvgIpc) is 3.06. The SMILES string of the molecule is CCCN(CCC)C(=O)CCCC(=O)NCCC(O)(c1nccn1C)C(F)(F)F. The largest absolute Gasteiger partial charge is 0.424 e. The van der Waals surface area contributed by atoms with E-state index in [4.69, 9.17) is 0 Å². The van der Waals surface area contributed by atoms with Crippen LogP contribution in [-0.2, 0) is 22.2 Å². The van der Waals surface area contributed by atoms with E-state index in [0.717, 1.165) is 17.4 Å². The zero-order valence-corrected chi connectivity index (χ0v) is 17.3. The fraction of sp³-hybridized carbons (Fsp3) is 0.737. The summed E-state index contributed by atoms with van der Waals surface area (Å²) >= 11 is 0. The van der Waals surface area contributed by atoms with E-state index >= 15 is 0 Å². The maximum atomic E-state index is 13.4. The molecule has 0 aromatic carbocycles. The average molecular weight is 420 g/mol. The zero-order chi connectivity index (χ0) is 22.1. The van der Waals surface area contributed by atoms with Crippen LogP contribution in [0.25, 0.3) is 0 Å². The highest BCUT2D eigenvalue weighted by atomic mass is 19.4. The van der Waals surface area contributed by atoms with Gasteiger partial charge in [0.15, 0.2) is 0 Å².